The van der Waals surface area contributed by atoms with Crippen LogP contribution in [0.15, 0.2) is 0 Å². The monoisotopic (exact) mass is 228 g/mol. The lowest BCUT2D eigenvalue weighted by Crippen LogP contribution is -2.44. The van der Waals surface area contributed by atoms with E-state index in [0.29, 0.717) is 0 Å². The number of rotatable bonds is 4. The molecule has 0 atom stereocenters. The quantitative estimate of drug-likeness (QED) is 0.668. The van der Waals surface area contributed by atoms with Crippen LogP contribution in [-0.4, -0.2) is 37.0 Å². The van der Waals surface area contributed by atoms with Crippen molar-refractivity contribution >= 4 is 6.03 Å². The molecule has 0 rings (SSSR count). The molecule has 0 bridgehead atoms. The Balaban J connectivity index is 3.77. The Morgan fingerprint density at radius 2 is 1.67 bits per heavy atom. The second kappa shape index (κ2) is 5.20. The maximum Gasteiger partial charge on any atom is 0.405 e. The number of carbonyl (C=O) groups excluding carboxylic acids is 1. The SMILES string of the molecule is CC(C)(CO)CNC(=O)NCC(F)(F)F. The van der Waals surface area contributed by atoms with E-state index >= 15 is 0 Å². The van der Waals surface area contributed by atoms with E-state index in [1.165, 1.54) is 0 Å². The summed E-state index contributed by atoms with van der Waals surface area (Å²) in [6.45, 7) is 1.94. The minimum atomic E-state index is -4.41. The van der Waals surface area contributed by atoms with Gasteiger partial charge in [-0.05, 0) is 0 Å². The summed E-state index contributed by atoms with van der Waals surface area (Å²) in [4.78, 5) is 10.8. The number of alkyl halides is 3. The Hall–Kier alpha value is -0.980. The van der Waals surface area contributed by atoms with Gasteiger partial charge in [-0.15, -0.1) is 0 Å². The minimum absolute atomic E-state index is 0.104. The summed E-state index contributed by atoms with van der Waals surface area (Å²) in [5.41, 5.74) is -0.546. The molecule has 0 saturated carbocycles. The maximum atomic E-state index is 11.7. The second-order valence-corrected chi connectivity index (χ2v) is 3.97. The number of halogens is 3. The van der Waals surface area contributed by atoms with E-state index in [2.05, 4.69) is 5.32 Å². The third-order valence-corrected chi connectivity index (χ3v) is 1.60. The highest BCUT2D eigenvalue weighted by atomic mass is 19.4. The molecular formula is C8H15F3N2O2. The summed E-state index contributed by atoms with van der Waals surface area (Å²) in [7, 11) is 0. The summed E-state index contributed by atoms with van der Waals surface area (Å²) < 4.78 is 35.0. The average molecular weight is 228 g/mol. The van der Waals surface area contributed by atoms with E-state index in [9.17, 15) is 18.0 Å². The van der Waals surface area contributed by atoms with Crippen molar-refractivity contribution < 1.29 is 23.1 Å². The molecular weight excluding hydrogens is 213 g/mol. The predicted octanol–water partition coefficient (Wildman–Crippen LogP) is 0.866. The molecule has 3 N–H and O–H groups in total. The maximum absolute atomic E-state index is 11.7. The van der Waals surface area contributed by atoms with E-state index in [1.807, 2.05) is 0 Å². The van der Waals surface area contributed by atoms with Crippen molar-refractivity contribution in [1.82, 2.24) is 10.6 Å². The molecule has 15 heavy (non-hydrogen) atoms. The first kappa shape index (κ1) is 14.0. The third-order valence-electron chi connectivity index (χ3n) is 1.60. The van der Waals surface area contributed by atoms with Crippen LogP contribution in [0.25, 0.3) is 0 Å². The van der Waals surface area contributed by atoms with Crippen LogP contribution in [0.3, 0.4) is 0 Å². The highest BCUT2D eigenvalue weighted by molar-refractivity contribution is 5.73. The number of aliphatic hydroxyl groups excluding tert-OH is 1. The van der Waals surface area contributed by atoms with Crippen molar-refractivity contribution in [1.29, 1.82) is 0 Å². The number of aliphatic hydroxyl groups is 1. The molecule has 0 aliphatic carbocycles. The Bertz CT molecular complexity index is 216. The zero-order chi connectivity index (χ0) is 12.1. The van der Waals surface area contributed by atoms with Crippen LogP contribution in [0, 0.1) is 5.41 Å². The molecule has 0 aliphatic heterocycles. The van der Waals surface area contributed by atoms with Crippen molar-refractivity contribution in [3.63, 3.8) is 0 Å². The number of hydrogen-bond acceptors (Lipinski definition) is 2. The first-order valence-electron chi connectivity index (χ1n) is 4.36. The number of amides is 2. The Labute approximate surface area is 85.8 Å². The second-order valence-electron chi connectivity index (χ2n) is 3.97. The highest BCUT2D eigenvalue weighted by Crippen LogP contribution is 2.12. The van der Waals surface area contributed by atoms with Crippen molar-refractivity contribution in [3.05, 3.63) is 0 Å². The molecule has 0 unspecified atom stereocenters. The van der Waals surface area contributed by atoms with Crippen LogP contribution in [0.1, 0.15) is 13.8 Å². The number of urea groups is 1. The minimum Gasteiger partial charge on any atom is -0.396 e. The summed E-state index contributed by atoms with van der Waals surface area (Å²) in [6, 6.07) is -0.895. The summed E-state index contributed by atoms with van der Waals surface area (Å²) in [6.07, 6.45) is -4.41. The average Bonchev–Trinajstić information content (AvgIpc) is 2.10. The largest absolute Gasteiger partial charge is 0.405 e. The van der Waals surface area contributed by atoms with Gasteiger partial charge in [-0.2, -0.15) is 13.2 Å². The van der Waals surface area contributed by atoms with E-state index in [-0.39, 0.29) is 13.2 Å². The molecule has 4 nitrogen and oxygen atoms in total. The molecule has 0 fully saturated rings. The predicted molar refractivity (Wildman–Crippen MR) is 48.3 cm³/mol. The zero-order valence-corrected chi connectivity index (χ0v) is 8.61. The Kier molecular flexibility index (Phi) is 4.86. The summed E-state index contributed by atoms with van der Waals surface area (Å²) >= 11 is 0. The molecule has 0 spiro atoms. The van der Waals surface area contributed by atoms with Gasteiger partial charge in [-0.3, -0.25) is 0 Å². The lowest BCUT2D eigenvalue weighted by Gasteiger charge is -2.22. The van der Waals surface area contributed by atoms with Gasteiger partial charge in [0.25, 0.3) is 0 Å². The van der Waals surface area contributed by atoms with E-state index in [1.54, 1.807) is 19.2 Å². The van der Waals surface area contributed by atoms with E-state index in [4.69, 9.17) is 5.11 Å². The normalized spacial score (nSPS) is 12.4. The molecule has 0 saturated heterocycles. The fourth-order valence-corrected chi connectivity index (χ4v) is 0.618. The molecule has 7 heteroatoms. The Morgan fingerprint density at radius 3 is 2.07 bits per heavy atom. The molecule has 0 aliphatic rings. The first-order valence-corrected chi connectivity index (χ1v) is 4.36. The highest BCUT2D eigenvalue weighted by Gasteiger charge is 2.28. The zero-order valence-electron chi connectivity index (χ0n) is 8.61. The smallest absolute Gasteiger partial charge is 0.396 e. The first-order chi connectivity index (χ1) is 6.66. The lowest BCUT2D eigenvalue weighted by atomic mass is 9.95. The van der Waals surface area contributed by atoms with E-state index in [0.717, 1.165) is 0 Å². The van der Waals surface area contributed by atoms with Gasteiger partial charge in [0.2, 0.25) is 0 Å². The van der Waals surface area contributed by atoms with Crippen molar-refractivity contribution in [2.24, 2.45) is 5.41 Å². The summed E-state index contributed by atoms with van der Waals surface area (Å²) in [5.74, 6) is 0. The van der Waals surface area contributed by atoms with Gasteiger partial charge < -0.3 is 15.7 Å². The third kappa shape index (κ3) is 8.04. The molecule has 0 aromatic heterocycles. The van der Waals surface area contributed by atoms with E-state index < -0.39 is 24.2 Å². The van der Waals surface area contributed by atoms with Crippen LogP contribution in [-0.2, 0) is 0 Å². The lowest BCUT2D eigenvalue weighted by molar-refractivity contribution is -0.122. The van der Waals surface area contributed by atoms with Crippen LogP contribution in [0.4, 0.5) is 18.0 Å². The van der Waals surface area contributed by atoms with Crippen molar-refractivity contribution in [3.8, 4) is 0 Å². The van der Waals surface area contributed by atoms with Crippen LogP contribution >= 0.6 is 0 Å². The van der Waals surface area contributed by atoms with Gasteiger partial charge in [-0.25, -0.2) is 4.79 Å². The van der Waals surface area contributed by atoms with Gasteiger partial charge in [0.15, 0.2) is 0 Å². The number of nitrogens with one attached hydrogen (secondary N) is 2. The van der Waals surface area contributed by atoms with Crippen LogP contribution in [0.5, 0.6) is 0 Å². The van der Waals surface area contributed by atoms with Crippen LogP contribution < -0.4 is 10.6 Å². The van der Waals surface area contributed by atoms with Gasteiger partial charge in [0, 0.05) is 18.6 Å². The standard InChI is InChI=1S/C8H15F3N2O2/c1-7(2,5-14)3-12-6(15)13-4-8(9,10)11/h14H,3-5H2,1-2H3,(H2,12,13,15). The molecule has 2 amide bonds. The van der Waals surface area contributed by atoms with Crippen molar-refractivity contribution in [2.75, 3.05) is 19.7 Å². The molecule has 0 radical (unpaired) electrons. The van der Waals surface area contributed by atoms with Gasteiger partial charge in [-0.1, -0.05) is 13.8 Å². The molecule has 90 valence electrons. The fraction of sp³-hybridized carbons (Fsp3) is 0.875. The van der Waals surface area contributed by atoms with Gasteiger partial charge in [0.05, 0.1) is 0 Å². The van der Waals surface area contributed by atoms with Gasteiger partial charge >= 0.3 is 12.2 Å². The topological polar surface area (TPSA) is 61.4 Å². The Morgan fingerprint density at radius 1 is 1.20 bits per heavy atom. The molecule has 0 aromatic rings. The van der Waals surface area contributed by atoms with Crippen molar-refractivity contribution in [2.45, 2.75) is 20.0 Å². The number of carbonyl (C=O) groups is 1. The molecule has 0 heterocycles. The molecule has 0 aromatic carbocycles. The fourth-order valence-electron chi connectivity index (χ4n) is 0.618. The number of hydrogen-bond donors (Lipinski definition) is 3. The van der Waals surface area contributed by atoms with Gasteiger partial charge in [0.1, 0.15) is 6.54 Å². The van der Waals surface area contributed by atoms with Crippen LogP contribution in [0.2, 0.25) is 0 Å². The summed E-state index contributed by atoms with van der Waals surface area (Å²) in [5, 5.41) is 12.7.